The highest BCUT2D eigenvalue weighted by Gasteiger charge is 2.11. The number of aryl methyl sites for hydroxylation is 1. The molecule has 0 atom stereocenters. The van der Waals surface area contributed by atoms with E-state index in [0.29, 0.717) is 5.75 Å². The van der Waals surface area contributed by atoms with Crippen molar-refractivity contribution < 1.29 is 4.79 Å². The first kappa shape index (κ1) is 15.9. The number of fused-ring (bicyclic) bond motifs is 2. The van der Waals surface area contributed by atoms with Gasteiger partial charge in [0.05, 0.1) is 0 Å². The maximum atomic E-state index is 12.6. The molecule has 0 fully saturated rings. The van der Waals surface area contributed by atoms with E-state index in [-0.39, 0.29) is 5.12 Å². The Morgan fingerprint density at radius 1 is 0.800 bits per heavy atom. The molecule has 122 valence electrons. The van der Waals surface area contributed by atoms with E-state index >= 15 is 0 Å². The molecule has 0 aromatic heterocycles. The molecule has 2 heteroatoms. The minimum Gasteiger partial charge on any atom is -0.282 e. The summed E-state index contributed by atoms with van der Waals surface area (Å²) in [6.07, 6.45) is 0. The van der Waals surface area contributed by atoms with Crippen molar-refractivity contribution in [2.75, 3.05) is 0 Å². The van der Waals surface area contributed by atoms with Crippen LogP contribution in [-0.2, 0) is 5.75 Å². The van der Waals surface area contributed by atoms with Crippen molar-refractivity contribution in [3.05, 3.63) is 95.6 Å². The summed E-state index contributed by atoms with van der Waals surface area (Å²) in [6, 6.07) is 26.8. The smallest absolute Gasteiger partial charge is 0.219 e. The van der Waals surface area contributed by atoms with Gasteiger partial charge in [-0.1, -0.05) is 90.1 Å². The Bertz CT molecular complexity index is 1010. The van der Waals surface area contributed by atoms with E-state index in [0.717, 1.165) is 5.56 Å². The van der Waals surface area contributed by atoms with Crippen LogP contribution in [0.3, 0.4) is 0 Å². The summed E-state index contributed by atoms with van der Waals surface area (Å²) in [5.74, 6) is 0.675. The third-order valence-corrected chi connectivity index (χ3v) is 5.45. The van der Waals surface area contributed by atoms with E-state index in [1.54, 1.807) is 0 Å². The van der Waals surface area contributed by atoms with Gasteiger partial charge in [-0.25, -0.2) is 0 Å². The fraction of sp³-hybridized carbons (Fsp3) is 0.0870. The zero-order chi connectivity index (χ0) is 17.2. The fourth-order valence-electron chi connectivity index (χ4n) is 3.17. The van der Waals surface area contributed by atoms with E-state index in [1.807, 2.05) is 31.2 Å². The molecule has 0 saturated carbocycles. The summed E-state index contributed by atoms with van der Waals surface area (Å²) >= 11 is 1.38. The van der Waals surface area contributed by atoms with Gasteiger partial charge in [-0.3, -0.25) is 4.79 Å². The highest BCUT2D eigenvalue weighted by atomic mass is 32.2. The first-order valence-corrected chi connectivity index (χ1v) is 9.34. The van der Waals surface area contributed by atoms with Gasteiger partial charge in [0.1, 0.15) is 0 Å². The van der Waals surface area contributed by atoms with E-state index in [2.05, 4.69) is 54.6 Å². The van der Waals surface area contributed by atoms with E-state index in [4.69, 9.17) is 0 Å². The molecule has 0 heterocycles. The zero-order valence-electron chi connectivity index (χ0n) is 14.0. The minimum absolute atomic E-state index is 0.122. The summed E-state index contributed by atoms with van der Waals surface area (Å²) < 4.78 is 0. The molecule has 0 radical (unpaired) electrons. The second-order valence-electron chi connectivity index (χ2n) is 6.24. The molecule has 0 saturated heterocycles. The van der Waals surface area contributed by atoms with Crippen molar-refractivity contribution in [1.82, 2.24) is 0 Å². The van der Waals surface area contributed by atoms with Gasteiger partial charge in [0.25, 0.3) is 0 Å². The standard InChI is InChI=1S/C23H18OS/c1-16-10-12-17(13-11-16)23(24)25-15-22-20-8-4-2-6-18(20)14-19-7-3-5-9-21(19)22/h2-14H,15H2,1H3. The van der Waals surface area contributed by atoms with Crippen LogP contribution in [0.1, 0.15) is 21.5 Å². The quantitative estimate of drug-likeness (QED) is 0.402. The number of thioether (sulfide) groups is 1. The molecule has 4 aromatic carbocycles. The third-order valence-electron chi connectivity index (χ3n) is 4.52. The molecule has 0 aliphatic carbocycles. The van der Waals surface area contributed by atoms with E-state index in [9.17, 15) is 4.79 Å². The Morgan fingerprint density at radius 2 is 1.36 bits per heavy atom. The molecule has 1 nitrogen and oxygen atoms in total. The van der Waals surface area contributed by atoms with Crippen molar-refractivity contribution in [3.63, 3.8) is 0 Å². The SMILES string of the molecule is Cc1ccc(C(=O)SCc2c3ccccc3cc3ccccc23)cc1. The normalized spacial score (nSPS) is 11.1. The van der Waals surface area contributed by atoms with Gasteiger partial charge in [0, 0.05) is 11.3 Å². The predicted octanol–water partition coefficient (Wildman–Crippen LogP) is 6.38. The molecular weight excluding hydrogens is 324 g/mol. The van der Waals surface area contributed by atoms with Gasteiger partial charge in [-0.2, -0.15) is 0 Å². The summed E-state index contributed by atoms with van der Waals surface area (Å²) in [7, 11) is 0. The first-order chi connectivity index (χ1) is 12.2. The van der Waals surface area contributed by atoms with Gasteiger partial charge in [-0.15, -0.1) is 0 Å². The third kappa shape index (κ3) is 3.18. The van der Waals surface area contributed by atoms with Gasteiger partial charge in [-0.05, 0) is 40.1 Å². The Morgan fingerprint density at radius 3 is 1.96 bits per heavy atom. The highest BCUT2D eigenvalue weighted by molar-refractivity contribution is 8.13. The van der Waals surface area contributed by atoms with Crippen LogP contribution >= 0.6 is 11.8 Å². The lowest BCUT2D eigenvalue weighted by Gasteiger charge is -2.11. The molecule has 0 spiro atoms. The van der Waals surface area contributed by atoms with Crippen LogP contribution in [0.25, 0.3) is 21.5 Å². The Balaban J connectivity index is 1.72. The van der Waals surface area contributed by atoms with Crippen LogP contribution in [0.5, 0.6) is 0 Å². The van der Waals surface area contributed by atoms with Gasteiger partial charge >= 0.3 is 0 Å². The maximum absolute atomic E-state index is 12.6. The lowest BCUT2D eigenvalue weighted by molar-refractivity contribution is 0.108. The lowest BCUT2D eigenvalue weighted by atomic mass is 9.98. The Hall–Kier alpha value is -2.58. The summed E-state index contributed by atoms with van der Waals surface area (Å²) in [4.78, 5) is 12.6. The average Bonchev–Trinajstić information content (AvgIpc) is 2.65. The maximum Gasteiger partial charge on any atom is 0.219 e. The fourth-order valence-corrected chi connectivity index (χ4v) is 4.06. The van der Waals surface area contributed by atoms with Crippen molar-refractivity contribution >= 4 is 38.4 Å². The monoisotopic (exact) mass is 342 g/mol. The molecule has 0 aliphatic heterocycles. The van der Waals surface area contributed by atoms with Crippen molar-refractivity contribution in [1.29, 1.82) is 0 Å². The lowest BCUT2D eigenvalue weighted by Crippen LogP contribution is -1.96. The molecule has 0 aliphatic rings. The summed E-state index contributed by atoms with van der Waals surface area (Å²) in [6.45, 7) is 2.03. The molecule has 25 heavy (non-hydrogen) atoms. The van der Waals surface area contributed by atoms with Crippen molar-refractivity contribution in [3.8, 4) is 0 Å². The van der Waals surface area contributed by atoms with Crippen LogP contribution in [-0.4, -0.2) is 5.12 Å². The van der Waals surface area contributed by atoms with Crippen LogP contribution in [0, 0.1) is 6.92 Å². The predicted molar refractivity (Wildman–Crippen MR) is 108 cm³/mol. The van der Waals surface area contributed by atoms with Crippen molar-refractivity contribution in [2.45, 2.75) is 12.7 Å². The Kier molecular flexibility index (Phi) is 4.29. The number of carbonyl (C=O) groups is 1. The number of benzene rings is 4. The molecular formula is C23H18OS. The zero-order valence-corrected chi connectivity index (χ0v) is 14.8. The summed E-state index contributed by atoms with van der Waals surface area (Å²) in [5, 5.41) is 5.02. The molecule has 0 bridgehead atoms. The Labute approximate surface area is 151 Å². The average molecular weight is 342 g/mol. The number of rotatable bonds is 3. The van der Waals surface area contributed by atoms with Crippen LogP contribution < -0.4 is 0 Å². The second-order valence-corrected chi connectivity index (χ2v) is 7.19. The number of carbonyl (C=O) groups excluding carboxylic acids is 1. The van der Waals surface area contributed by atoms with Gasteiger partial charge < -0.3 is 0 Å². The largest absolute Gasteiger partial charge is 0.282 e. The first-order valence-electron chi connectivity index (χ1n) is 8.35. The molecule has 4 aromatic rings. The molecule has 0 N–H and O–H groups in total. The van der Waals surface area contributed by atoms with E-state index < -0.39 is 0 Å². The van der Waals surface area contributed by atoms with Crippen LogP contribution in [0.4, 0.5) is 0 Å². The highest BCUT2D eigenvalue weighted by Crippen LogP contribution is 2.32. The molecule has 0 amide bonds. The summed E-state index contributed by atoms with van der Waals surface area (Å²) in [5.41, 5.74) is 3.17. The molecule has 0 unspecified atom stereocenters. The van der Waals surface area contributed by atoms with Crippen molar-refractivity contribution in [2.24, 2.45) is 0 Å². The number of hydrogen-bond donors (Lipinski definition) is 0. The molecule has 4 rings (SSSR count). The minimum atomic E-state index is 0.122. The van der Waals surface area contributed by atoms with Crippen LogP contribution in [0.2, 0.25) is 0 Å². The second kappa shape index (κ2) is 6.73. The number of hydrogen-bond acceptors (Lipinski definition) is 2. The van der Waals surface area contributed by atoms with Gasteiger partial charge in [0.2, 0.25) is 5.12 Å². The topological polar surface area (TPSA) is 17.1 Å². The van der Waals surface area contributed by atoms with E-state index in [1.165, 1.54) is 44.4 Å². The van der Waals surface area contributed by atoms with Gasteiger partial charge in [0.15, 0.2) is 0 Å². The van der Waals surface area contributed by atoms with Crippen LogP contribution in [0.15, 0.2) is 78.9 Å².